The van der Waals surface area contributed by atoms with E-state index in [1.165, 1.54) is 0 Å². The van der Waals surface area contributed by atoms with Gasteiger partial charge in [0.15, 0.2) is 0 Å². The van der Waals surface area contributed by atoms with Crippen molar-refractivity contribution in [1.29, 1.82) is 5.41 Å². The van der Waals surface area contributed by atoms with E-state index in [1.807, 2.05) is 51.1 Å². The molecule has 2 aromatic carbocycles. The maximum Gasteiger partial charge on any atom is 0.306 e. The number of nitrogen functional groups attached to an aromatic ring is 1. The molecule has 8 nitrogen and oxygen atoms in total. The zero-order valence-electron chi connectivity index (χ0n) is 19.0. The van der Waals surface area contributed by atoms with Crippen LogP contribution >= 0.6 is 0 Å². The number of amides is 2. The molecule has 0 aliphatic heterocycles. The van der Waals surface area contributed by atoms with Crippen LogP contribution in [0.4, 0.5) is 5.69 Å². The fraction of sp³-hybridized carbons (Fsp3) is 0.360. The molecule has 1 fully saturated rings. The predicted octanol–water partition coefficient (Wildman–Crippen LogP) is 3.08. The number of nitrogens with two attached hydrogens (primary N) is 1. The zero-order valence-corrected chi connectivity index (χ0v) is 19.0. The maximum atomic E-state index is 13.2. The highest BCUT2D eigenvalue weighted by molar-refractivity contribution is 6.00. The van der Waals surface area contributed by atoms with Crippen LogP contribution in [0.3, 0.4) is 0 Å². The van der Waals surface area contributed by atoms with Gasteiger partial charge in [-0.05, 0) is 41.7 Å². The minimum Gasteiger partial charge on any atom is -0.481 e. The Balaban J connectivity index is 1.75. The average Bonchev–Trinajstić information content (AvgIpc) is 3.54. The Kier molecular flexibility index (Phi) is 6.58. The molecule has 6 N–H and O–H groups in total. The van der Waals surface area contributed by atoms with Gasteiger partial charge >= 0.3 is 5.97 Å². The number of hydrogen-bond donors (Lipinski definition) is 5. The molecule has 174 valence electrons. The molecule has 0 aromatic heterocycles. The Bertz CT molecular complexity index is 1060. The fourth-order valence-corrected chi connectivity index (χ4v) is 4.10. The fourth-order valence-electron chi connectivity index (χ4n) is 4.10. The van der Waals surface area contributed by atoms with Crippen molar-refractivity contribution < 1.29 is 19.5 Å². The van der Waals surface area contributed by atoms with Gasteiger partial charge in [-0.15, -0.1) is 0 Å². The van der Waals surface area contributed by atoms with Gasteiger partial charge in [0.1, 0.15) is 5.84 Å². The second-order valence-electron chi connectivity index (χ2n) is 9.51. The summed E-state index contributed by atoms with van der Waals surface area (Å²) >= 11 is 0. The largest absolute Gasteiger partial charge is 0.481 e. The first-order chi connectivity index (χ1) is 15.4. The number of hydrogen-bond acceptors (Lipinski definition) is 4. The Labute approximate surface area is 193 Å². The lowest BCUT2D eigenvalue weighted by Crippen LogP contribution is -2.56. The summed E-state index contributed by atoms with van der Waals surface area (Å²) in [6.45, 7) is 5.68. The number of rotatable bonds is 8. The van der Waals surface area contributed by atoms with Crippen LogP contribution in [0.2, 0.25) is 0 Å². The molecule has 3 atom stereocenters. The van der Waals surface area contributed by atoms with Gasteiger partial charge in [0.05, 0.1) is 23.8 Å². The second kappa shape index (κ2) is 9.05. The maximum absolute atomic E-state index is 13.2. The number of carbonyl (C=O) groups excluding carboxylic acids is 2. The normalized spacial score (nSPS) is 19.1. The van der Waals surface area contributed by atoms with Gasteiger partial charge in [-0.3, -0.25) is 19.8 Å². The summed E-state index contributed by atoms with van der Waals surface area (Å²) in [4.78, 5) is 37.7. The third-order valence-corrected chi connectivity index (χ3v) is 6.23. The van der Waals surface area contributed by atoms with Crippen molar-refractivity contribution in [2.75, 3.05) is 5.32 Å². The van der Waals surface area contributed by atoms with E-state index in [2.05, 4.69) is 10.6 Å². The Morgan fingerprint density at radius 2 is 1.58 bits per heavy atom. The highest BCUT2D eigenvalue weighted by Crippen LogP contribution is 2.45. The molecule has 0 spiro atoms. The number of benzene rings is 2. The first-order valence-electron chi connectivity index (χ1n) is 10.8. The summed E-state index contributed by atoms with van der Waals surface area (Å²) in [6, 6.07) is 15.7. The summed E-state index contributed by atoms with van der Waals surface area (Å²) in [5, 5.41) is 22.9. The van der Waals surface area contributed by atoms with E-state index in [4.69, 9.17) is 11.1 Å². The Morgan fingerprint density at radius 3 is 2.09 bits per heavy atom. The van der Waals surface area contributed by atoms with E-state index in [0.29, 0.717) is 23.2 Å². The topological polar surface area (TPSA) is 145 Å². The molecule has 2 aromatic rings. The molecule has 3 rings (SSSR count). The smallest absolute Gasteiger partial charge is 0.306 e. The number of aliphatic carboxylic acids is 1. The highest BCUT2D eigenvalue weighted by atomic mass is 16.4. The summed E-state index contributed by atoms with van der Waals surface area (Å²) in [5.41, 5.74) is 5.51. The molecule has 0 saturated heterocycles. The van der Waals surface area contributed by atoms with E-state index in [1.54, 1.807) is 24.3 Å². The van der Waals surface area contributed by atoms with Crippen LogP contribution < -0.4 is 16.4 Å². The molecule has 1 aliphatic rings. The average molecular weight is 451 g/mol. The monoisotopic (exact) mass is 450 g/mol. The van der Waals surface area contributed by atoms with Crippen LogP contribution in [-0.4, -0.2) is 28.7 Å². The van der Waals surface area contributed by atoms with Crippen molar-refractivity contribution in [3.05, 3.63) is 65.7 Å². The molecule has 1 aliphatic carbocycles. The van der Waals surface area contributed by atoms with Gasteiger partial charge in [0.25, 0.3) is 0 Å². The highest BCUT2D eigenvalue weighted by Gasteiger charge is 2.53. The molecule has 8 heteroatoms. The van der Waals surface area contributed by atoms with Crippen LogP contribution in [0.15, 0.2) is 54.6 Å². The molecular formula is C25H30N4O4. The minimum atomic E-state index is -1.14. The summed E-state index contributed by atoms with van der Waals surface area (Å²) in [5.74, 6) is -2.70. The van der Waals surface area contributed by atoms with E-state index in [-0.39, 0.29) is 24.1 Å². The second-order valence-corrected chi connectivity index (χ2v) is 9.51. The number of carboxylic acid groups (broad SMARTS) is 1. The van der Waals surface area contributed by atoms with Crippen LogP contribution in [0, 0.1) is 22.7 Å². The molecular weight excluding hydrogens is 420 g/mol. The van der Waals surface area contributed by atoms with E-state index < -0.39 is 28.8 Å². The van der Waals surface area contributed by atoms with Crippen molar-refractivity contribution in [2.24, 2.45) is 23.0 Å². The van der Waals surface area contributed by atoms with Gasteiger partial charge in [0, 0.05) is 11.3 Å². The van der Waals surface area contributed by atoms with Gasteiger partial charge in [-0.2, -0.15) is 0 Å². The number of anilines is 1. The summed E-state index contributed by atoms with van der Waals surface area (Å²) < 4.78 is 0. The quantitative estimate of drug-likeness (QED) is 0.310. The lowest BCUT2D eigenvalue weighted by Gasteiger charge is -2.45. The Hall–Kier alpha value is -3.68. The van der Waals surface area contributed by atoms with E-state index in [0.717, 1.165) is 0 Å². The van der Waals surface area contributed by atoms with Gasteiger partial charge in [-0.1, -0.05) is 51.1 Å². The first-order valence-corrected chi connectivity index (χ1v) is 10.8. The van der Waals surface area contributed by atoms with Gasteiger partial charge < -0.3 is 21.5 Å². The predicted molar refractivity (Wildman–Crippen MR) is 126 cm³/mol. The SMILES string of the molecule is CC(C)(C)C(CC(=O)O)(NC(=O)C1CC1C(=O)Nc1ccc(C(=N)N)cc1)c1ccccc1. The van der Waals surface area contributed by atoms with Crippen LogP contribution in [-0.2, 0) is 19.9 Å². The third kappa shape index (κ3) is 5.22. The molecule has 1 saturated carbocycles. The standard InChI is InChI=1S/C25H30N4O4/c1-24(2,3)25(14-20(30)31,16-7-5-4-6-8-16)29-23(33)19-13-18(19)22(32)28-17-11-9-15(10-12-17)21(26)27/h4-12,18-19H,13-14H2,1-3H3,(H3,26,27)(H,28,32)(H,29,33)(H,30,31). The summed E-state index contributed by atoms with van der Waals surface area (Å²) in [6.07, 6.45) is 0.115. The van der Waals surface area contributed by atoms with Crippen LogP contribution in [0.1, 0.15) is 44.7 Å². The molecule has 3 unspecified atom stereocenters. The molecule has 0 radical (unpaired) electrons. The van der Waals surface area contributed by atoms with Crippen molar-refractivity contribution >= 4 is 29.3 Å². The van der Waals surface area contributed by atoms with E-state index >= 15 is 0 Å². The van der Waals surface area contributed by atoms with Crippen molar-refractivity contribution in [3.8, 4) is 0 Å². The molecule has 2 amide bonds. The number of carbonyl (C=O) groups is 3. The van der Waals surface area contributed by atoms with Crippen LogP contribution in [0.25, 0.3) is 0 Å². The zero-order chi connectivity index (χ0) is 24.4. The molecule has 0 heterocycles. The summed E-state index contributed by atoms with van der Waals surface area (Å²) in [7, 11) is 0. The molecule has 0 bridgehead atoms. The van der Waals surface area contributed by atoms with Crippen LogP contribution in [0.5, 0.6) is 0 Å². The van der Waals surface area contributed by atoms with Crippen molar-refractivity contribution in [2.45, 2.75) is 39.2 Å². The van der Waals surface area contributed by atoms with Crippen molar-refractivity contribution in [3.63, 3.8) is 0 Å². The first kappa shape index (κ1) is 24.0. The molecule has 33 heavy (non-hydrogen) atoms. The third-order valence-electron chi connectivity index (χ3n) is 6.23. The van der Waals surface area contributed by atoms with Crippen molar-refractivity contribution in [1.82, 2.24) is 5.32 Å². The number of amidine groups is 1. The lowest BCUT2D eigenvalue weighted by atomic mass is 9.67. The minimum absolute atomic E-state index is 0.0612. The van der Waals surface area contributed by atoms with Gasteiger partial charge in [0.2, 0.25) is 11.8 Å². The van der Waals surface area contributed by atoms with Gasteiger partial charge in [-0.25, -0.2) is 0 Å². The number of carboxylic acids is 1. The lowest BCUT2D eigenvalue weighted by molar-refractivity contribution is -0.141. The number of nitrogens with one attached hydrogen (secondary N) is 3. The van der Waals surface area contributed by atoms with E-state index in [9.17, 15) is 19.5 Å². The Morgan fingerprint density at radius 1 is 1.00 bits per heavy atom.